The molecule has 2 saturated heterocycles. The van der Waals surface area contributed by atoms with Crippen molar-refractivity contribution >= 4 is 15.9 Å². The van der Waals surface area contributed by atoms with Crippen LogP contribution in [0.15, 0.2) is 29.2 Å². The standard InChI is InChI=1S/C21H33N3O5S/c1-15-6-4-5-11-23(15)16(2)13-22-21(26)20-12-17(25)14-24(20)30(27,28)19-9-7-18(29-3)8-10-19/h7-10,15-17,20,25H,4-6,11-14H2,1-3H3,(H,22,26)/t15-,16+,17+,20-/m0/s1. The molecule has 0 radical (unpaired) electrons. The zero-order valence-electron chi connectivity index (χ0n) is 18.0. The van der Waals surface area contributed by atoms with E-state index in [9.17, 15) is 18.3 Å². The van der Waals surface area contributed by atoms with Crippen LogP contribution in [0.1, 0.15) is 39.5 Å². The van der Waals surface area contributed by atoms with E-state index in [0.717, 1.165) is 23.7 Å². The van der Waals surface area contributed by atoms with E-state index in [4.69, 9.17) is 4.74 Å². The van der Waals surface area contributed by atoms with Crippen molar-refractivity contribution in [1.82, 2.24) is 14.5 Å². The number of piperidine rings is 1. The maximum atomic E-state index is 13.1. The van der Waals surface area contributed by atoms with Crippen molar-refractivity contribution < 1.29 is 23.1 Å². The molecule has 0 aliphatic carbocycles. The number of methoxy groups -OCH3 is 1. The van der Waals surface area contributed by atoms with Gasteiger partial charge in [0.25, 0.3) is 0 Å². The average molecular weight is 440 g/mol. The molecule has 9 heteroatoms. The van der Waals surface area contributed by atoms with Gasteiger partial charge in [-0.05, 0) is 57.5 Å². The lowest BCUT2D eigenvalue weighted by Gasteiger charge is -2.38. The third-order valence-corrected chi connectivity index (χ3v) is 8.08. The van der Waals surface area contributed by atoms with Crippen LogP contribution in [0.5, 0.6) is 5.75 Å². The molecule has 2 aliphatic rings. The van der Waals surface area contributed by atoms with Gasteiger partial charge in [-0.3, -0.25) is 9.69 Å². The first-order valence-electron chi connectivity index (χ1n) is 10.6. The maximum absolute atomic E-state index is 13.1. The van der Waals surface area contributed by atoms with E-state index >= 15 is 0 Å². The Morgan fingerprint density at radius 2 is 2.00 bits per heavy atom. The molecule has 3 rings (SSSR count). The number of sulfonamides is 1. The van der Waals surface area contributed by atoms with Crippen LogP contribution >= 0.6 is 0 Å². The molecule has 0 saturated carbocycles. The van der Waals surface area contributed by atoms with E-state index < -0.39 is 22.2 Å². The third-order valence-electron chi connectivity index (χ3n) is 6.19. The van der Waals surface area contributed by atoms with E-state index in [1.807, 2.05) is 0 Å². The van der Waals surface area contributed by atoms with Crippen molar-refractivity contribution in [3.05, 3.63) is 24.3 Å². The van der Waals surface area contributed by atoms with Crippen LogP contribution in [-0.2, 0) is 14.8 Å². The van der Waals surface area contributed by atoms with Gasteiger partial charge in [0.2, 0.25) is 15.9 Å². The summed E-state index contributed by atoms with van der Waals surface area (Å²) in [6, 6.07) is 5.76. The number of aliphatic hydroxyl groups is 1. The van der Waals surface area contributed by atoms with Crippen LogP contribution in [-0.4, -0.2) is 79.6 Å². The van der Waals surface area contributed by atoms with Gasteiger partial charge in [0, 0.05) is 31.6 Å². The van der Waals surface area contributed by atoms with Crippen LogP contribution in [0.25, 0.3) is 0 Å². The van der Waals surface area contributed by atoms with Crippen molar-refractivity contribution in [2.75, 3.05) is 26.7 Å². The molecule has 8 nitrogen and oxygen atoms in total. The summed E-state index contributed by atoms with van der Waals surface area (Å²) in [5.41, 5.74) is 0. The lowest BCUT2D eigenvalue weighted by atomic mass is 10.0. The third kappa shape index (κ3) is 4.96. The van der Waals surface area contributed by atoms with Crippen LogP contribution < -0.4 is 10.1 Å². The highest BCUT2D eigenvalue weighted by Gasteiger charge is 2.43. The molecule has 1 aromatic rings. The first kappa shape index (κ1) is 23.0. The van der Waals surface area contributed by atoms with E-state index in [1.165, 1.54) is 25.7 Å². The number of carbonyl (C=O) groups excluding carboxylic acids is 1. The Bertz CT molecular complexity index is 830. The normalized spacial score (nSPS) is 27.0. The summed E-state index contributed by atoms with van der Waals surface area (Å²) in [6.45, 7) is 5.65. The van der Waals surface area contributed by atoms with Crippen LogP contribution in [0.4, 0.5) is 0 Å². The second kappa shape index (κ2) is 9.64. The van der Waals surface area contributed by atoms with E-state index in [2.05, 4.69) is 24.1 Å². The smallest absolute Gasteiger partial charge is 0.243 e. The molecule has 0 aromatic heterocycles. The molecule has 30 heavy (non-hydrogen) atoms. The van der Waals surface area contributed by atoms with Crippen LogP contribution in [0, 0.1) is 0 Å². The van der Waals surface area contributed by atoms with Gasteiger partial charge in [-0.15, -0.1) is 0 Å². The van der Waals surface area contributed by atoms with Gasteiger partial charge < -0.3 is 15.2 Å². The Balaban J connectivity index is 1.68. The predicted molar refractivity (Wildman–Crippen MR) is 114 cm³/mol. The van der Waals surface area contributed by atoms with Crippen molar-refractivity contribution in [2.24, 2.45) is 0 Å². The fourth-order valence-corrected chi connectivity index (χ4v) is 6.07. The predicted octanol–water partition coefficient (Wildman–Crippen LogP) is 1.20. The summed E-state index contributed by atoms with van der Waals surface area (Å²) < 4.78 is 32.4. The Hall–Kier alpha value is -1.68. The fraction of sp³-hybridized carbons (Fsp3) is 0.667. The molecular formula is C21H33N3O5S. The molecule has 0 bridgehead atoms. The molecular weight excluding hydrogens is 406 g/mol. The van der Waals surface area contributed by atoms with Crippen molar-refractivity contribution in [3.63, 3.8) is 0 Å². The van der Waals surface area contributed by atoms with Gasteiger partial charge in [0.1, 0.15) is 11.8 Å². The molecule has 2 aliphatic heterocycles. The molecule has 4 atom stereocenters. The Morgan fingerprint density at radius 1 is 1.30 bits per heavy atom. The number of aliphatic hydroxyl groups excluding tert-OH is 1. The number of rotatable bonds is 7. The van der Waals surface area contributed by atoms with Gasteiger partial charge in [-0.1, -0.05) is 6.42 Å². The molecule has 0 unspecified atom stereocenters. The summed E-state index contributed by atoms with van der Waals surface area (Å²) in [7, 11) is -2.41. The first-order valence-corrected chi connectivity index (χ1v) is 12.1. The van der Waals surface area contributed by atoms with Crippen molar-refractivity contribution in [3.8, 4) is 5.75 Å². The van der Waals surface area contributed by atoms with Gasteiger partial charge in [-0.25, -0.2) is 8.42 Å². The maximum Gasteiger partial charge on any atom is 0.243 e. The van der Waals surface area contributed by atoms with Gasteiger partial charge in [0.05, 0.1) is 18.1 Å². The van der Waals surface area contributed by atoms with E-state index in [1.54, 1.807) is 12.1 Å². The molecule has 168 valence electrons. The molecule has 2 heterocycles. The number of amides is 1. The minimum absolute atomic E-state index is 0.0747. The lowest BCUT2D eigenvalue weighted by Crippen LogP contribution is -2.51. The zero-order chi connectivity index (χ0) is 21.9. The number of nitrogens with one attached hydrogen (secondary N) is 1. The Morgan fingerprint density at radius 3 is 2.63 bits per heavy atom. The molecule has 1 aromatic carbocycles. The minimum atomic E-state index is -3.91. The number of ether oxygens (including phenoxy) is 1. The fourth-order valence-electron chi connectivity index (χ4n) is 4.43. The highest BCUT2D eigenvalue weighted by molar-refractivity contribution is 7.89. The molecule has 2 N–H and O–H groups in total. The summed E-state index contributed by atoms with van der Waals surface area (Å²) in [5, 5.41) is 13.0. The number of β-amino-alcohol motifs (C(OH)–C–C–N with tert-alkyl or cyclic N) is 1. The van der Waals surface area contributed by atoms with E-state index in [-0.39, 0.29) is 29.8 Å². The van der Waals surface area contributed by atoms with Crippen LogP contribution in [0.2, 0.25) is 0 Å². The largest absolute Gasteiger partial charge is 0.497 e. The number of nitrogens with zero attached hydrogens (tertiary/aromatic N) is 2. The number of benzene rings is 1. The van der Waals surface area contributed by atoms with Gasteiger partial charge in [-0.2, -0.15) is 4.31 Å². The summed E-state index contributed by atoms with van der Waals surface area (Å²) in [4.78, 5) is 15.3. The highest BCUT2D eigenvalue weighted by atomic mass is 32.2. The molecule has 0 spiro atoms. The number of hydrogen-bond acceptors (Lipinski definition) is 6. The molecule has 1 amide bonds. The number of likely N-dealkylation sites (tertiary alicyclic amines) is 1. The first-order chi connectivity index (χ1) is 14.2. The SMILES string of the molecule is COc1ccc(S(=O)(=O)N2C[C@H](O)C[C@H]2C(=O)NC[C@@H](C)N2CCCC[C@@H]2C)cc1. The number of hydrogen-bond donors (Lipinski definition) is 2. The summed E-state index contributed by atoms with van der Waals surface area (Å²) >= 11 is 0. The highest BCUT2D eigenvalue weighted by Crippen LogP contribution is 2.28. The second-order valence-electron chi connectivity index (χ2n) is 8.33. The monoisotopic (exact) mass is 439 g/mol. The minimum Gasteiger partial charge on any atom is -0.497 e. The quantitative estimate of drug-likeness (QED) is 0.662. The topological polar surface area (TPSA) is 99.2 Å². The Labute approximate surface area is 179 Å². The second-order valence-corrected chi connectivity index (χ2v) is 10.2. The van der Waals surface area contributed by atoms with Crippen molar-refractivity contribution in [2.45, 2.75) is 68.7 Å². The molecule has 2 fully saturated rings. The number of carbonyl (C=O) groups is 1. The van der Waals surface area contributed by atoms with E-state index in [0.29, 0.717) is 18.3 Å². The zero-order valence-corrected chi connectivity index (χ0v) is 18.8. The van der Waals surface area contributed by atoms with Crippen molar-refractivity contribution in [1.29, 1.82) is 0 Å². The van der Waals surface area contributed by atoms with Crippen LogP contribution in [0.3, 0.4) is 0 Å². The summed E-state index contributed by atoms with van der Waals surface area (Å²) in [6.07, 6.45) is 2.77. The lowest BCUT2D eigenvalue weighted by molar-refractivity contribution is -0.124. The van der Waals surface area contributed by atoms with Gasteiger partial charge in [0.15, 0.2) is 0 Å². The van der Waals surface area contributed by atoms with Gasteiger partial charge >= 0.3 is 0 Å². The average Bonchev–Trinajstić information content (AvgIpc) is 3.15. The Kier molecular flexibility index (Phi) is 7.38. The summed E-state index contributed by atoms with van der Waals surface area (Å²) in [5.74, 6) is 0.186.